The number of hydrogen-bond donors (Lipinski definition) is 3. The first kappa shape index (κ1) is 25.8. The van der Waals surface area contributed by atoms with Crippen molar-refractivity contribution in [3.63, 3.8) is 0 Å². The number of aromatic hydroxyl groups is 1. The maximum absolute atomic E-state index is 14.9. The van der Waals surface area contributed by atoms with Crippen LogP contribution in [0.25, 0.3) is 11.1 Å². The number of nitrogens with one attached hydrogen (secondary N) is 1. The molecule has 0 bridgehead atoms. The predicted molar refractivity (Wildman–Crippen MR) is 144 cm³/mol. The second-order valence-electron chi connectivity index (χ2n) is 9.90. The van der Waals surface area contributed by atoms with Gasteiger partial charge in [0.1, 0.15) is 18.1 Å². The molecule has 1 aliphatic carbocycles. The second kappa shape index (κ2) is 11.7. The molecule has 4 N–H and O–H groups in total. The van der Waals surface area contributed by atoms with Crippen LogP contribution in [0.4, 0.5) is 10.1 Å². The number of ether oxygens (including phenoxy) is 2. The number of hydrogen-bond acceptors (Lipinski definition) is 5. The monoisotopic (exact) mass is 492 g/mol. The van der Waals surface area contributed by atoms with Gasteiger partial charge in [0.2, 0.25) is 0 Å². The average molecular weight is 493 g/mol. The highest BCUT2D eigenvalue weighted by atomic mass is 19.1. The zero-order valence-electron chi connectivity index (χ0n) is 21.5. The quantitative estimate of drug-likeness (QED) is 0.243. The number of aryl methyl sites for hydroxylation is 1. The highest BCUT2D eigenvalue weighted by Crippen LogP contribution is 2.43. The number of nitrogens with two attached hydrogens (primary N) is 1. The van der Waals surface area contributed by atoms with Gasteiger partial charge >= 0.3 is 0 Å². The molecule has 0 radical (unpaired) electrons. The summed E-state index contributed by atoms with van der Waals surface area (Å²) < 4.78 is 26.0. The second-order valence-corrected chi connectivity index (χ2v) is 9.90. The third kappa shape index (κ3) is 5.76. The topological polar surface area (TPSA) is 76.7 Å². The molecular formula is C30H37FN2O3. The Labute approximate surface area is 213 Å². The molecule has 5 nitrogen and oxygen atoms in total. The van der Waals surface area contributed by atoms with Crippen molar-refractivity contribution < 1.29 is 19.0 Å². The number of halogens is 1. The number of phenols is 1. The minimum absolute atomic E-state index is 0.235. The van der Waals surface area contributed by atoms with Gasteiger partial charge in [-0.2, -0.15) is 0 Å². The van der Waals surface area contributed by atoms with E-state index in [0.29, 0.717) is 36.9 Å². The molecule has 192 valence electrons. The molecule has 0 aromatic heterocycles. The van der Waals surface area contributed by atoms with Crippen molar-refractivity contribution in [2.24, 2.45) is 5.92 Å². The van der Waals surface area contributed by atoms with Crippen molar-refractivity contribution >= 4 is 5.69 Å². The molecule has 0 aliphatic heterocycles. The molecule has 0 unspecified atom stereocenters. The summed E-state index contributed by atoms with van der Waals surface area (Å²) >= 11 is 0. The first-order valence-electron chi connectivity index (χ1n) is 12.8. The Hall–Kier alpha value is -3.25. The number of rotatable bonds is 10. The summed E-state index contributed by atoms with van der Waals surface area (Å²) in [6, 6.07) is 12.6. The van der Waals surface area contributed by atoms with Gasteiger partial charge in [-0.05, 0) is 90.2 Å². The van der Waals surface area contributed by atoms with Crippen LogP contribution in [-0.2, 0) is 19.3 Å². The van der Waals surface area contributed by atoms with Gasteiger partial charge in [-0.15, -0.1) is 0 Å². The fourth-order valence-corrected chi connectivity index (χ4v) is 4.96. The van der Waals surface area contributed by atoms with Crippen LogP contribution in [-0.4, -0.2) is 31.9 Å². The lowest BCUT2D eigenvalue weighted by atomic mass is 9.83. The van der Waals surface area contributed by atoms with Crippen LogP contribution in [0.2, 0.25) is 0 Å². The van der Waals surface area contributed by atoms with E-state index in [1.807, 2.05) is 24.3 Å². The summed E-state index contributed by atoms with van der Waals surface area (Å²) in [4.78, 5) is 0. The van der Waals surface area contributed by atoms with E-state index in [2.05, 4.69) is 19.2 Å². The summed E-state index contributed by atoms with van der Waals surface area (Å²) in [6.45, 7) is 6.23. The number of phenolic OH excluding ortho intramolecular Hbond substituents is 1. The van der Waals surface area contributed by atoms with E-state index in [1.165, 1.54) is 17.2 Å². The Kier molecular flexibility index (Phi) is 8.36. The van der Waals surface area contributed by atoms with E-state index in [-0.39, 0.29) is 11.5 Å². The standard InChI is InChI=1S/C30H37FN2O3/c1-19(2)18-33-14-15-36-27-12-8-20(17-25(27)31)16-24-23(10-13-28(35-3)30(24)32)29-22-7-5-4-6-21(22)9-11-26(29)34/h8-13,17,19,33-34H,4-7,14-16,18,32H2,1-3H3. The van der Waals surface area contributed by atoms with Gasteiger partial charge in [-0.25, -0.2) is 4.39 Å². The van der Waals surface area contributed by atoms with Gasteiger partial charge in [0.15, 0.2) is 11.6 Å². The molecule has 0 saturated heterocycles. The Bertz CT molecular complexity index is 1210. The van der Waals surface area contributed by atoms with Crippen LogP contribution < -0.4 is 20.5 Å². The van der Waals surface area contributed by atoms with E-state index in [4.69, 9.17) is 15.2 Å². The Balaban J connectivity index is 1.63. The lowest BCUT2D eigenvalue weighted by Crippen LogP contribution is -2.25. The Morgan fingerprint density at radius 1 is 1.06 bits per heavy atom. The van der Waals surface area contributed by atoms with Crippen molar-refractivity contribution in [3.8, 4) is 28.4 Å². The van der Waals surface area contributed by atoms with E-state index in [1.54, 1.807) is 19.2 Å². The molecule has 0 atom stereocenters. The first-order chi connectivity index (χ1) is 17.4. The minimum atomic E-state index is -0.403. The molecular weight excluding hydrogens is 455 g/mol. The van der Waals surface area contributed by atoms with E-state index in [9.17, 15) is 9.50 Å². The van der Waals surface area contributed by atoms with Gasteiger partial charge in [-0.3, -0.25) is 0 Å². The highest BCUT2D eigenvalue weighted by molar-refractivity contribution is 5.83. The molecule has 3 aromatic carbocycles. The molecule has 0 amide bonds. The summed E-state index contributed by atoms with van der Waals surface area (Å²) in [5.74, 6) is 1.19. The van der Waals surface area contributed by atoms with Crippen LogP contribution in [0.5, 0.6) is 17.2 Å². The summed E-state index contributed by atoms with van der Waals surface area (Å²) in [7, 11) is 1.58. The van der Waals surface area contributed by atoms with Gasteiger partial charge in [0.25, 0.3) is 0 Å². The number of methoxy groups -OCH3 is 1. The average Bonchev–Trinajstić information content (AvgIpc) is 2.86. The summed E-state index contributed by atoms with van der Waals surface area (Å²) in [5.41, 5.74) is 12.8. The molecule has 0 spiro atoms. The van der Waals surface area contributed by atoms with E-state index < -0.39 is 5.82 Å². The molecule has 6 heteroatoms. The van der Waals surface area contributed by atoms with Crippen LogP contribution >= 0.6 is 0 Å². The van der Waals surface area contributed by atoms with Crippen LogP contribution in [0.1, 0.15) is 48.9 Å². The van der Waals surface area contributed by atoms with Crippen molar-refractivity contribution in [1.29, 1.82) is 0 Å². The molecule has 4 rings (SSSR count). The fourth-order valence-electron chi connectivity index (χ4n) is 4.96. The minimum Gasteiger partial charge on any atom is -0.507 e. The van der Waals surface area contributed by atoms with Crippen molar-refractivity contribution in [2.75, 3.05) is 32.5 Å². The number of benzene rings is 3. The zero-order chi connectivity index (χ0) is 25.7. The third-order valence-corrected chi connectivity index (χ3v) is 6.78. The highest BCUT2D eigenvalue weighted by Gasteiger charge is 2.22. The van der Waals surface area contributed by atoms with Gasteiger partial charge in [0.05, 0.1) is 12.8 Å². The maximum atomic E-state index is 14.9. The number of anilines is 1. The lowest BCUT2D eigenvalue weighted by Gasteiger charge is -2.23. The van der Waals surface area contributed by atoms with Gasteiger partial charge < -0.3 is 25.6 Å². The molecule has 0 heterocycles. The van der Waals surface area contributed by atoms with Gasteiger partial charge in [0, 0.05) is 18.5 Å². The normalized spacial score (nSPS) is 13.0. The smallest absolute Gasteiger partial charge is 0.165 e. The Morgan fingerprint density at radius 3 is 2.58 bits per heavy atom. The SMILES string of the molecule is COc1ccc(-c2c(O)ccc3c2CCCC3)c(Cc2ccc(OCCNCC(C)C)c(F)c2)c1N. The molecule has 0 fully saturated rings. The number of nitrogen functional groups attached to an aromatic ring is 1. The lowest BCUT2D eigenvalue weighted by molar-refractivity contribution is 0.296. The van der Waals surface area contributed by atoms with Gasteiger partial charge in [-0.1, -0.05) is 32.0 Å². The van der Waals surface area contributed by atoms with Crippen molar-refractivity contribution in [1.82, 2.24) is 5.32 Å². The Morgan fingerprint density at radius 2 is 1.83 bits per heavy atom. The summed E-state index contributed by atoms with van der Waals surface area (Å²) in [6.07, 6.45) is 4.55. The number of fused-ring (bicyclic) bond motifs is 1. The fraction of sp³-hybridized carbons (Fsp3) is 0.400. The largest absolute Gasteiger partial charge is 0.507 e. The first-order valence-corrected chi connectivity index (χ1v) is 12.8. The van der Waals surface area contributed by atoms with E-state index >= 15 is 0 Å². The van der Waals surface area contributed by atoms with Crippen molar-refractivity contribution in [2.45, 2.75) is 46.0 Å². The van der Waals surface area contributed by atoms with Crippen molar-refractivity contribution in [3.05, 3.63) is 70.5 Å². The summed E-state index contributed by atoms with van der Waals surface area (Å²) in [5, 5.41) is 14.2. The molecule has 3 aromatic rings. The van der Waals surface area contributed by atoms with Crippen LogP contribution in [0.15, 0.2) is 42.5 Å². The van der Waals surface area contributed by atoms with Crippen LogP contribution in [0.3, 0.4) is 0 Å². The third-order valence-electron chi connectivity index (χ3n) is 6.78. The molecule has 1 aliphatic rings. The predicted octanol–water partition coefficient (Wildman–Crippen LogP) is 5.88. The van der Waals surface area contributed by atoms with Crippen LogP contribution in [0, 0.1) is 11.7 Å². The maximum Gasteiger partial charge on any atom is 0.165 e. The molecule has 36 heavy (non-hydrogen) atoms. The molecule has 0 saturated carbocycles. The van der Waals surface area contributed by atoms with E-state index in [0.717, 1.165) is 54.5 Å². The zero-order valence-corrected chi connectivity index (χ0v) is 21.5.